The van der Waals surface area contributed by atoms with Gasteiger partial charge >= 0.3 is 0 Å². The number of pyridine rings is 1. The van der Waals surface area contributed by atoms with Gasteiger partial charge in [-0.3, -0.25) is 0 Å². The summed E-state index contributed by atoms with van der Waals surface area (Å²) in [5.74, 6) is 0.960. The molecule has 0 aliphatic heterocycles. The minimum atomic E-state index is -0.353. The molecule has 1 aromatic carbocycles. The van der Waals surface area contributed by atoms with Crippen molar-refractivity contribution in [2.75, 3.05) is 7.05 Å². The second kappa shape index (κ2) is 6.64. The maximum Gasteiger partial charge on any atom is 0.224 e. The molecule has 0 atom stereocenters. The Kier molecular flexibility index (Phi) is 4.41. The number of hydrogen-bond acceptors (Lipinski definition) is 3. The van der Waals surface area contributed by atoms with Crippen molar-refractivity contribution >= 4 is 5.96 Å². The molecular formula is C17H19FN4O. The minimum Gasteiger partial charge on any atom is -0.439 e. The highest BCUT2D eigenvalue weighted by Gasteiger charge is 2.27. The predicted octanol–water partition coefficient (Wildman–Crippen LogP) is 2.92. The van der Waals surface area contributed by atoms with Crippen molar-refractivity contribution in [1.29, 1.82) is 0 Å². The molecule has 0 saturated heterocycles. The van der Waals surface area contributed by atoms with Crippen molar-refractivity contribution in [3.8, 4) is 11.6 Å². The molecule has 6 heteroatoms. The third-order valence-corrected chi connectivity index (χ3v) is 3.73. The van der Waals surface area contributed by atoms with E-state index in [2.05, 4.69) is 9.98 Å². The molecule has 3 rings (SSSR count). The van der Waals surface area contributed by atoms with Gasteiger partial charge < -0.3 is 15.4 Å². The van der Waals surface area contributed by atoms with Crippen LogP contribution in [-0.4, -0.2) is 28.9 Å². The lowest BCUT2D eigenvalue weighted by molar-refractivity contribution is 0.451. The highest BCUT2D eigenvalue weighted by atomic mass is 19.1. The van der Waals surface area contributed by atoms with Crippen LogP contribution >= 0.6 is 0 Å². The number of rotatable bonds is 5. The average molecular weight is 314 g/mol. The molecule has 0 amide bonds. The smallest absolute Gasteiger partial charge is 0.224 e. The Morgan fingerprint density at radius 1 is 1.39 bits per heavy atom. The summed E-state index contributed by atoms with van der Waals surface area (Å²) in [6.45, 7) is 0.362. The van der Waals surface area contributed by atoms with E-state index < -0.39 is 0 Å². The molecule has 1 saturated carbocycles. The minimum absolute atomic E-state index is 0.353. The lowest BCUT2D eigenvalue weighted by Crippen LogP contribution is -2.35. The van der Waals surface area contributed by atoms with Gasteiger partial charge in [-0.15, -0.1) is 0 Å². The monoisotopic (exact) mass is 314 g/mol. The highest BCUT2D eigenvalue weighted by Crippen LogP contribution is 2.26. The molecule has 0 radical (unpaired) electrons. The van der Waals surface area contributed by atoms with Crippen molar-refractivity contribution in [3.05, 3.63) is 54.0 Å². The first kappa shape index (κ1) is 15.3. The number of guanidine groups is 1. The standard InChI is InChI=1S/C17H19FN4O/c1-22(14-7-8-14)17(19)21-11-12-4-3-9-20-16(12)23-15-6-2-5-13(18)10-15/h2-6,9-10,14H,7-8,11H2,1H3,(H2,19,21). The number of hydrogen-bond donors (Lipinski definition) is 1. The van der Waals surface area contributed by atoms with Crippen molar-refractivity contribution in [1.82, 2.24) is 9.88 Å². The van der Waals surface area contributed by atoms with Crippen LogP contribution in [0.1, 0.15) is 18.4 Å². The first-order valence-electron chi connectivity index (χ1n) is 7.53. The molecule has 2 N–H and O–H groups in total. The summed E-state index contributed by atoms with van der Waals surface area (Å²) in [7, 11) is 1.95. The Bertz CT molecular complexity index is 715. The highest BCUT2D eigenvalue weighted by molar-refractivity contribution is 5.78. The molecule has 0 unspecified atom stereocenters. The molecule has 1 aliphatic carbocycles. The van der Waals surface area contributed by atoms with Crippen molar-refractivity contribution in [2.24, 2.45) is 10.7 Å². The number of halogens is 1. The summed E-state index contributed by atoms with van der Waals surface area (Å²) in [4.78, 5) is 10.6. The molecule has 120 valence electrons. The zero-order valence-electron chi connectivity index (χ0n) is 12.9. The van der Waals surface area contributed by atoms with Crippen molar-refractivity contribution in [3.63, 3.8) is 0 Å². The van der Waals surface area contributed by atoms with Gasteiger partial charge in [-0.25, -0.2) is 14.4 Å². The quantitative estimate of drug-likeness (QED) is 0.681. The molecule has 1 aromatic heterocycles. The topological polar surface area (TPSA) is 63.7 Å². The second-order valence-electron chi connectivity index (χ2n) is 5.54. The zero-order valence-corrected chi connectivity index (χ0v) is 12.9. The molecule has 2 aromatic rings. The van der Waals surface area contributed by atoms with E-state index in [0.29, 0.717) is 30.2 Å². The third kappa shape index (κ3) is 3.97. The van der Waals surface area contributed by atoms with Gasteiger partial charge in [0, 0.05) is 30.9 Å². The maximum atomic E-state index is 13.3. The van der Waals surface area contributed by atoms with Gasteiger partial charge in [0.15, 0.2) is 5.96 Å². The molecule has 1 aliphatic rings. The van der Waals surface area contributed by atoms with E-state index in [1.165, 1.54) is 12.1 Å². The summed E-state index contributed by atoms with van der Waals surface area (Å²) in [5, 5.41) is 0. The van der Waals surface area contributed by atoms with Gasteiger partial charge in [-0.2, -0.15) is 0 Å². The van der Waals surface area contributed by atoms with Crippen LogP contribution in [0.5, 0.6) is 11.6 Å². The van der Waals surface area contributed by atoms with Crippen LogP contribution in [0.25, 0.3) is 0 Å². The maximum absolute atomic E-state index is 13.3. The molecule has 1 fully saturated rings. The third-order valence-electron chi connectivity index (χ3n) is 3.73. The van der Waals surface area contributed by atoms with Crippen molar-refractivity contribution in [2.45, 2.75) is 25.4 Å². The summed E-state index contributed by atoms with van der Waals surface area (Å²) in [6.07, 6.45) is 3.95. The first-order chi connectivity index (χ1) is 11.1. The summed E-state index contributed by atoms with van der Waals surface area (Å²) in [6, 6.07) is 10.1. The summed E-state index contributed by atoms with van der Waals surface area (Å²) >= 11 is 0. The van der Waals surface area contributed by atoms with Crippen LogP contribution in [-0.2, 0) is 6.54 Å². The largest absolute Gasteiger partial charge is 0.439 e. The zero-order chi connectivity index (χ0) is 16.2. The Morgan fingerprint density at radius 2 is 2.22 bits per heavy atom. The van der Waals surface area contributed by atoms with E-state index in [1.54, 1.807) is 18.3 Å². The Hall–Kier alpha value is -2.63. The van der Waals surface area contributed by atoms with E-state index >= 15 is 0 Å². The van der Waals surface area contributed by atoms with Gasteiger partial charge in [0.2, 0.25) is 5.88 Å². The van der Waals surface area contributed by atoms with Crippen LogP contribution in [0.4, 0.5) is 4.39 Å². The van der Waals surface area contributed by atoms with Crippen LogP contribution < -0.4 is 10.5 Å². The fourth-order valence-electron chi connectivity index (χ4n) is 2.21. The number of ether oxygens (including phenoxy) is 1. The normalized spacial score (nSPS) is 14.6. The van der Waals surface area contributed by atoms with E-state index in [0.717, 1.165) is 18.4 Å². The van der Waals surface area contributed by atoms with Crippen LogP contribution in [0.15, 0.2) is 47.6 Å². The number of nitrogens with zero attached hydrogens (tertiary/aromatic N) is 3. The molecule has 0 bridgehead atoms. The van der Waals surface area contributed by atoms with Gasteiger partial charge in [0.05, 0.1) is 6.54 Å². The Morgan fingerprint density at radius 3 is 2.96 bits per heavy atom. The van der Waals surface area contributed by atoms with Gasteiger partial charge in [0.25, 0.3) is 0 Å². The number of aliphatic imine (C=N–C) groups is 1. The number of aromatic nitrogens is 1. The molecule has 5 nitrogen and oxygen atoms in total. The van der Waals surface area contributed by atoms with E-state index in [1.807, 2.05) is 24.1 Å². The van der Waals surface area contributed by atoms with Crippen LogP contribution in [0, 0.1) is 5.82 Å². The number of benzene rings is 1. The second-order valence-corrected chi connectivity index (χ2v) is 5.54. The fourth-order valence-corrected chi connectivity index (χ4v) is 2.21. The van der Waals surface area contributed by atoms with Crippen molar-refractivity contribution < 1.29 is 9.13 Å². The Labute approximate surface area is 134 Å². The molecular weight excluding hydrogens is 295 g/mol. The Balaban J connectivity index is 1.74. The SMILES string of the molecule is CN(C(N)=NCc1cccnc1Oc1cccc(F)c1)C1CC1. The van der Waals surface area contributed by atoms with Crippen LogP contribution in [0.2, 0.25) is 0 Å². The summed E-state index contributed by atoms with van der Waals surface area (Å²) in [5.41, 5.74) is 6.79. The average Bonchev–Trinajstić information content (AvgIpc) is 3.38. The molecule has 23 heavy (non-hydrogen) atoms. The van der Waals surface area contributed by atoms with Gasteiger partial charge in [-0.1, -0.05) is 12.1 Å². The van der Waals surface area contributed by atoms with E-state index in [9.17, 15) is 4.39 Å². The number of nitrogens with two attached hydrogens (primary N) is 1. The van der Waals surface area contributed by atoms with E-state index in [4.69, 9.17) is 10.5 Å². The lowest BCUT2D eigenvalue weighted by atomic mass is 10.2. The first-order valence-corrected chi connectivity index (χ1v) is 7.53. The van der Waals surface area contributed by atoms with Gasteiger partial charge in [0.1, 0.15) is 11.6 Å². The lowest BCUT2D eigenvalue weighted by Gasteiger charge is -2.17. The predicted molar refractivity (Wildman–Crippen MR) is 86.8 cm³/mol. The van der Waals surface area contributed by atoms with Crippen LogP contribution in [0.3, 0.4) is 0 Å². The van der Waals surface area contributed by atoms with Gasteiger partial charge in [-0.05, 0) is 31.0 Å². The fraction of sp³-hybridized carbons (Fsp3) is 0.294. The van der Waals surface area contributed by atoms with E-state index in [-0.39, 0.29) is 5.82 Å². The molecule has 1 heterocycles. The summed E-state index contributed by atoms with van der Waals surface area (Å²) < 4.78 is 18.9. The molecule has 0 spiro atoms.